The standard InChI is InChI=1S/C18H12N4O6/c23-18(12-5-7-13(8-6-12)21(24)25)20-19-11-14-9-10-17(28-14)15-3-1-2-4-16(15)22(26)27/h1-11H,(H,20,23)/b19-11+. The van der Waals surface area contributed by atoms with Crippen molar-refractivity contribution in [3.05, 3.63) is 92.2 Å². The molecule has 0 radical (unpaired) electrons. The largest absolute Gasteiger partial charge is 0.455 e. The third-order valence-electron chi connectivity index (χ3n) is 3.69. The van der Waals surface area contributed by atoms with E-state index in [9.17, 15) is 25.0 Å². The van der Waals surface area contributed by atoms with Crippen LogP contribution in [0, 0.1) is 20.2 Å². The van der Waals surface area contributed by atoms with Crippen LogP contribution in [0.3, 0.4) is 0 Å². The van der Waals surface area contributed by atoms with Crippen LogP contribution in [0.4, 0.5) is 11.4 Å². The van der Waals surface area contributed by atoms with Gasteiger partial charge in [0.2, 0.25) is 0 Å². The zero-order chi connectivity index (χ0) is 20.1. The highest BCUT2D eigenvalue weighted by Crippen LogP contribution is 2.30. The molecular weight excluding hydrogens is 368 g/mol. The van der Waals surface area contributed by atoms with Crippen LogP contribution < -0.4 is 5.43 Å². The van der Waals surface area contributed by atoms with Crippen LogP contribution in [0.5, 0.6) is 0 Å². The van der Waals surface area contributed by atoms with Gasteiger partial charge >= 0.3 is 0 Å². The first-order valence-electron chi connectivity index (χ1n) is 7.87. The van der Waals surface area contributed by atoms with E-state index in [0.29, 0.717) is 5.56 Å². The Labute approximate surface area is 157 Å². The van der Waals surface area contributed by atoms with Crippen LogP contribution in [0.1, 0.15) is 16.1 Å². The fourth-order valence-corrected chi connectivity index (χ4v) is 2.36. The molecule has 28 heavy (non-hydrogen) atoms. The number of benzene rings is 2. The minimum absolute atomic E-state index is 0.0909. The van der Waals surface area contributed by atoms with Gasteiger partial charge in [-0.2, -0.15) is 5.10 Å². The van der Waals surface area contributed by atoms with Gasteiger partial charge in [0.25, 0.3) is 17.3 Å². The Morgan fingerprint density at radius 1 is 0.964 bits per heavy atom. The van der Waals surface area contributed by atoms with Crippen molar-refractivity contribution in [2.75, 3.05) is 0 Å². The Morgan fingerprint density at radius 2 is 1.68 bits per heavy atom. The van der Waals surface area contributed by atoms with Crippen molar-refractivity contribution < 1.29 is 19.1 Å². The zero-order valence-corrected chi connectivity index (χ0v) is 14.1. The van der Waals surface area contributed by atoms with E-state index in [2.05, 4.69) is 10.5 Å². The topological polar surface area (TPSA) is 141 Å². The first-order valence-corrected chi connectivity index (χ1v) is 7.87. The third-order valence-corrected chi connectivity index (χ3v) is 3.69. The van der Waals surface area contributed by atoms with Gasteiger partial charge < -0.3 is 4.42 Å². The average molecular weight is 380 g/mol. The second kappa shape index (κ2) is 7.91. The smallest absolute Gasteiger partial charge is 0.280 e. The molecule has 0 aliphatic heterocycles. The van der Waals surface area contributed by atoms with Gasteiger partial charge in [-0.15, -0.1) is 0 Å². The lowest BCUT2D eigenvalue weighted by molar-refractivity contribution is -0.384. The summed E-state index contributed by atoms with van der Waals surface area (Å²) in [6.07, 6.45) is 1.24. The summed E-state index contributed by atoms with van der Waals surface area (Å²) in [7, 11) is 0. The van der Waals surface area contributed by atoms with Gasteiger partial charge in [0, 0.05) is 23.8 Å². The molecule has 1 N–H and O–H groups in total. The van der Waals surface area contributed by atoms with Gasteiger partial charge in [-0.1, -0.05) is 12.1 Å². The highest BCUT2D eigenvalue weighted by atomic mass is 16.6. The number of carbonyl (C=O) groups is 1. The number of para-hydroxylation sites is 1. The maximum absolute atomic E-state index is 12.0. The van der Waals surface area contributed by atoms with E-state index >= 15 is 0 Å². The van der Waals surface area contributed by atoms with Crippen LogP contribution >= 0.6 is 0 Å². The predicted molar refractivity (Wildman–Crippen MR) is 99.0 cm³/mol. The molecule has 1 amide bonds. The van der Waals surface area contributed by atoms with Crippen LogP contribution in [0.25, 0.3) is 11.3 Å². The molecule has 10 nitrogen and oxygen atoms in total. The Kier molecular flexibility index (Phi) is 5.21. The molecule has 1 heterocycles. The van der Waals surface area contributed by atoms with Crippen molar-refractivity contribution in [2.45, 2.75) is 0 Å². The number of furan rings is 1. The van der Waals surface area contributed by atoms with Gasteiger partial charge in [-0.05, 0) is 30.3 Å². The van der Waals surface area contributed by atoms with Crippen LogP contribution in [0.2, 0.25) is 0 Å². The number of hydrogen-bond donors (Lipinski definition) is 1. The van der Waals surface area contributed by atoms with E-state index in [-0.39, 0.29) is 28.5 Å². The summed E-state index contributed by atoms with van der Waals surface area (Å²) in [5, 5.41) is 25.5. The zero-order valence-electron chi connectivity index (χ0n) is 14.1. The Bertz CT molecular complexity index is 1070. The summed E-state index contributed by atoms with van der Waals surface area (Å²) in [6.45, 7) is 0. The van der Waals surface area contributed by atoms with Crippen LogP contribution in [0.15, 0.2) is 70.2 Å². The van der Waals surface area contributed by atoms with E-state index in [0.717, 1.165) is 0 Å². The summed E-state index contributed by atoms with van der Waals surface area (Å²) in [5.41, 5.74) is 2.57. The number of hydrogen-bond acceptors (Lipinski definition) is 7. The summed E-state index contributed by atoms with van der Waals surface area (Å²) in [5.74, 6) is 0.00391. The van der Waals surface area contributed by atoms with Gasteiger partial charge in [-0.3, -0.25) is 25.0 Å². The normalized spacial score (nSPS) is 10.7. The van der Waals surface area contributed by atoms with Gasteiger partial charge in [-0.25, -0.2) is 5.43 Å². The molecule has 0 bridgehead atoms. The van der Waals surface area contributed by atoms with Crippen molar-refractivity contribution in [1.29, 1.82) is 0 Å². The third kappa shape index (κ3) is 4.07. The number of nitro benzene ring substituents is 2. The molecule has 0 saturated heterocycles. The summed E-state index contributed by atoms with van der Waals surface area (Å²) < 4.78 is 5.51. The number of nitrogens with zero attached hydrogens (tertiary/aromatic N) is 3. The van der Waals surface area contributed by atoms with E-state index in [1.807, 2.05) is 0 Å². The number of non-ortho nitro benzene ring substituents is 1. The van der Waals surface area contributed by atoms with Crippen molar-refractivity contribution in [3.63, 3.8) is 0 Å². The molecule has 10 heteroatoms. The molecule has 0 saturated carbocycles. The summed E-state index contributed by atoms with van der Waals surface area (Å²) in [6, 6.07) is 14.3. The maximum atomic E-state index is 12.0. The average Bonchev–Trinajstić information content (AvgIpc) is 3.16. The number of amides is 1. The highest BCUT2D eigenvalue weighted by molar-refractivity contribution is 5.95. The Morgan fingerprint density at radius 3 is 2.36 bits per heavy atom. The quantitative estimate of drug-likeness (QED) is 0.394. The van der Waals surface area contributed by atoms with Crippen molar-refractivity contribution in [2.24, 2.45) is 5.10 Å². The Balaban J connectivity index is 1.68. The molecular formula is C18H12N4O6. The molecule has 0 fully saturated rings. The number of hydrazone groups is 1. The maximum Gasteiger partial charge on any atom is 0.280 e. The molecule has 3 rings (SSSR count). The number of rotatable bonds is 6. The molecule has 2 aromatic carbocycles. The molecule has 0 atom stereocenters. The summed E-state index contributed by atoms with van der Waals surface area (Å²) >= 11 is 0. The minimum Gasteiger partial charge on any atom is -0.455 e. The predicted octanol–water partition coefficient (Wildman–Crippen LogP) is 3.53. The fraction of sp³-hybridized carbons (Fsp3) is 0. The fourth-order valence-electron chi connectivity index (χ4n) is 2.36. The van der Waals surface area contributed by atoms with Crippen LogP contribution in [-0.2, 0) is 0 Å². The van der Waals surface area contributed by atoms with Crippen molar-refractivity contribution in [1.82, 2.24) is 5.43 Å². The molecule has 140 valence electrons. The summed E-state index contributed by atoms with van der Waals surface area (Å²) in [4.78, 5) is 32.6. The lowest BCUT2D eigenvalue weighted by Gasteiger charge is -1.99. The van der Waals surface area contributed by atoms with E-state index < -0.39 is 15.8 Å². The van der Waals surface area contributed by atoms with Crippen molar-refractivity contribution >= 4 is 23.5 Å². The second-order valence-electron chi connectivity index (χ2n) is 5.48. The molecule has 3 aromatic rings. The van der Waals surface area contributed by atoms with Gasteiger partial charge in [0.05, 0.1) is 21.6 Å². The number of nitro groups is 2. The van der Waals surface area contributed by atoms with Crippen LogP contribution in [-0.4, -0.2) is 22.0 Å². The number of carbonyl (C=O) groups excluding carboxylic acids is 1. The van der Waals surface area contributed by atoms with E-state index in [4.69, 9.17) is 4.42 Å². The molecule has 0 aliphatic rings. The lowest BCUT2D eigenvalue weighted by atomic mass is 10.1. The second-order valence-corrected chi connectivity index (χ2v) is 5.48. The van der Waals surface area contributed by atoms with Crippen molar-refractivity contribution in [3.8, 4) is 11.3 Å². The number of nitrogens with one attached hydrogen (secondary N) is 1. The first-order chi connectivity index (χ1) is 13.5. The van der Waals surface area contributed by atoms with Gasteiger partial charge in [0.15, 0.2) is 0 Å². The molecule has 1 aromatic heterocycles. The van der Waals surface area contributed by atoms with E-state index in [1.165, 1.54) is 36.5 Å². The monoisotopic (exact) mass is 380 g/mol. The minimum atomic E-state index is -0.564. The van der Waals surface area contributed by atoms with Gasteiger partial charge in [0.1, 0.15) is 11.5 Å². The molecule has 0 spiro atoms. The first kappa shape index (κ1) is 18.5. The molecule has 0 unspecified atom stereocenters. The van der Waals surface area contributed by atoms with E-state index in [1.54, 1.807) is 30.3 Å². The Hall–Kier alpha value is -4.34. The molecule has 0 aliphatic carbocycles. The highest BCUT2D eigenvalue weighted by Gasteiger charge is 2.16. The SMILES string of the molecule is O=C(N/N=C/c1ccc(-c2ccccc2[N+](=O)[O-])o1)c1ccc([N+](=O)[O-])cc1. The lowest BCUT2D eigenvalue weighted by Crippen LogP contribution is -2.17.